The summed E-state index contributed by atoms with van der Waals surface area (Å²) in [5.74, 6) is 1.46. The maximum absolute atomic E-state index is 5.85. The van der Waals surface area contributed by atoms with Gasteiger partial charge < -0.3 is 14.5 Å². The zero-order chi connectivity index (χ0) is 23.2. The number of hydrogen-bond acceptors (Lipinski definition) is 4. The zero-order valence-electron chi connectivity index (χ0n) is 18.7. The predicted octanol–water partition coefficient (Wildman–Crippen LogP) is 6.21. The van der Waals surface area contributed by atoms with E-state index in [1.807, 2.05) is 66.9 Å². The van der Waals surface area contributed by atoms with Crippen molar-refractivity contribution in [2.24, 2.45) is 0 Å². The molecule has 6 nitrogen and oxygen atoms in total. The molecule has 0 bridgehead atoms. The smallest absolute Gasteiger partial charge is 0.130 e. The molecule has 0 amide bonds. The van der Waals surface area contributed by atoms with E-state index >= 15 is 0 Å². The first-order valence-electron chi connectivity index (χ1n) is 11.0. The van der Waals surface area contributed by atoms with E-state index in [1.165, 1.54) is 5.39 Å². The van der Waals surface area contributed by atoms with Crippen LogP contribution >= 0.6 is 0 Å². The van der Waals surface area contributed by atoms with Crippen LogP contribution in [0, 0.1) is 0 Å². The SMILES string of the molecule is COc1cc(OCc2ccccn2)ccc1/C=C/c1cc(/C=C/c2ccc3[nH]ccc3c2)n[nH]1. The average molecular weight is 449 g/mol. The number of ether oxygens (including phenoxy) is 2. The fourth-order valence-electron chi connectivity index (χ4n) is 3.62. The number of nitrogens with zero attached hydrogens (tertiary/aromatic N) is 2. The molecule has 0 aliphatic rings. The Balaban J connectivity index is 1.24. The third-order valence-corrected chi connectivity index (χ3v) is 5.40. The van der Waals surface area contributed by atoms with Crippen molar-refractivity contribution < 1.29 is 9.47 Å². The fourth-order valence-corrected chi connectivity index (χ4v) is 3.62. The Hall–Kier alpha value is -4.58. The molecule has 0 aliphatic heterocycles. The Kier molecular flexibility index (Phi) is 6.21. The number of nitrogens with one attached hydrogen (secondary N) is 2. The van der Waals surface area contributed by atoms with Crippen LogP contribution in [0.2, 0.25) is 0 Å². The summed E-state index contributed by atoms with van der Waals surface area (Å²) in [6.45, 7) is 0.405. The molecule has 3 heterocycles. The van der Waals surface area contributed by atoms with E-state index in [9.17, 15) is 0 Å². The lowest BCUT2D eigenvalue weighted by atomic mass is 10.1. The Morgan fingerprint density at radius 2 is 1.88 bits per heavy atom. The maximum atomic E-state index is 5.85. The first kappa shape index (κ1) is 21.3. The van der Waals surface area contributed by atoms with Crippen LogP contribution in [0.4, 0.5) is 0 Å². The van der Waals surface area contributed by atoms with Crippen molar-refractivity contribution in [1.29, 1.82) is 0 Å². The van der Waals surface area contributed by atoms with Crippen molar-refractivity contribution in [3.63, 3.8) is 0 Å². The highest BCUT2D eigenvalue weighted by Crippen LogP contribution is 2.27. The first-order chi connectivity index (χ1) is 16.8. The van der Waals surface area contributed by atoms with Gasteiger partial charge in [-0.25, -0.2) is 0 Å². The van der Waals surface area contributed by atoms with Crippen molar-refractivity contribution >= 4 is 35.2 Å². The van der Waals surface area contributed by atoms with Crippen LogP contribution in [0.15, 0.2) is 79.1 Å². The van der Waals surface area contributed by atoms with Crippen LogP contribution in [-0.2, 0) is 6.61 Å². The van der Waals surface area contributed by atoms with E-state index in [4.69, 9.17) is 9.47 Å². The number of benzene rings is 2. The lowest BCUT2D eigenvalue weighted by Crippen LogP contribution is -1.98. The van der Waals surface area contributed by atoms with Crippen LogP contribution in [0.25, 0.3) is 35.2 Å². The molecule has 5 rings (SSSR count). The average Bonchev–Trinajstić information content (AvgIpc) is 3.55. The topological polar surface area (TPSA) is 75.8 Å². The van der Waals surface area contributed by atoms with E-state index < -0.39 is 0 Å². The lowest BCUT2D eigenvalue weighted by Gasteiger charge is -2.09. The van der Waals surface area contributed by atoms with Gasteiger partial charge >= 0.3 is 0 Å². The molecule has 2 N–H and O–H groups in total. The van der Waals surface area contributed by atoms with Gasteiger partial charge in [-0.3, -0.25) is 10.1 Å². The number of aromatic amines is 2. The summed E-state index contributed by atoms with van der Waals surface area (Å²) in [4.78, 5) is 7.48. The zero-order valence-corrected chi connectivity index (χ0v) is 18.7. The molecule has 0 unspecified atom stereocenters. The van der Waals surface area contributed by atoms with E-state index in [0.717, 1.165) is 45.2 Å². The standard InChI is InChI=1S/C28H24N4O2/c1-33-28-18-26(34-19-25-4-2-3-14-29-25)11-8-21(28)7-10-24-17-23(31-32-24)9-5-20-6-12-27-22(16-20)13-15-30-27/h2-18,30H,19H2,1H3,(H,31,32)/b9-5+,10-7+. The summed E-state index contributed by atoms with van der Waals surface area (Å²) in [5, 5.41) is 8.63. The summed E-state index contributed by atoms with van der Waals surface area (Å²) in [6.07, 6.45) is 11.7. The number of hydrogen-bond donors (Lipinski definition) is 2. The monoisotopic (exact) mass is 448 g/mol. The van der Waals surface area contributed by atoms with Crippen molar-refractivity contribution in [2.75, 3.05) is 7.11 Å². The van der Waals surface area contributed by atoms with Gasteiger partial charge in [0.25, 0.3) is 0 Å². The third-order valence-electron chi connectivity index (χ3n) is 5.40. The summed E-state index contributed by atoms with van der Waals surface area (Å²) >= 11 is 0. The normalized spacial score (nSPS) is 11.6. The maximum Gasteiger partial charge on any atom is 0.130 e. The molecule has 5 aromatic rings. The summed E-state index contributed by atoms with van der Waals surface area (Å²) in [5.41, 5.74) is 5.84. The molecule has 168 valence electrons. The molecule has 0 saturated carbocycles. The van der Waals surface area contributed by atoms with Crippen LogP contribution in [0.1, 0.15) is 28.2 Å². The highest BCUT2D eigenvalue weighted by Gasteiger charge is 2.04. The number of rotatable bonds is 8. The molecule has 3 aromatic heterocycles. The minimum absolute atomic E-state index is 0.405. The lowest BCUT2D eigenvalue weighted by molar-refractivity contribution is 0.299. The van der Waals surface area contributed by atoms with Crippen molar-refractivity contribution in [2.45, 2.75) is 6.61 Å². The van der Waals surface area contributed by atoms with Gasteiger partial charge in [-0.1, -0.05) is 18.2 Å². The second-order valence-electron chi connectivity index (χ2n) is 7.75. The van der Waals surface area contributed by atoms with E-state index in [2.05, 4.69) is 50.5 Å². The van der Waals surface area contributed by atoms with Crippen LogP contribution in [0.5, 0.6) is 11.5 Å². The number of pyridine rings is 1. The van der Waals surface area contributed by atoms with Crippen LogP contribution < -0.4 is 9.47 Å². The molecule has 0 fully saturated rings. The molecule has 2 aromatic carbocycles. The molecule has 0 saturated heterocycles. The second kappa shape index (κ2) is 9.92. The number of methoxy groups -OCH3 is 1. The molecule has 6 heteroatoms. The first-order valence-corrected chi connectivity index (χ1v) is 11.0. The predicted molar refractivity (Wildman–Crippen MR) is 136 cm³/mol. The van der Waals surface area contributed by atoms with Gasteiger partial charge in [0.2, 0.25) is 0 Å². The van der Waals surface area contributed by atoms with Crippen molar-refractivity contribution in [1.82, 2.24) is 20.2 Å². The van der Waals surface area contributed by atoms with Gasteiger partial charge in [-0.15, -0.1) is 0 Å². The van der Waals surface area contributed by atoms with Gasteiger partial charge in [0.15, 0.2) is 0 Å². The molecule has 0 spiro atoms. The van der Waals surface area contributed by atoms with Crippen molar-refractivity contribution in [3.05, 3.63) is 107 Å². The van der Waals surface area contributed by atoms with Gasteiger partial charge in [0.1, 0.15) is 18.1 Å². The highest BCUT2D eigenvalue weighted by molar-refractivity contribution is 5.83. The summed E-state index contributed by atoms with van der Waals surface area (Å²) in [7, 11) is 1.65. The van der Waals surface area contributed by atoms with Crippen molar-refractivity contribution in [3.8, 4) is 11.5 Å². The number of fused-ring (bicyclic) bond motifs is 1. The Morgan fingerprint density at radius 1 is 0.912 bits per heavy atom. The summed E-state index contributed by atoms with van der Waals surface area (Å²) < 4.78 is 11.4. The van der Waals surface area contributed by atoms with E-state index in [0.29, 0.717) is 6.61 Å². The van der Waals surface area contributed by atoms with E-state index in [-0.39, 0.29) is 0 Å². The molecule has 0 radical (unpaired) electrons. The van der Waals surface area contributed by atoms with Crippen LogP contribution in [0.3, 0.4) is 0 Å². The van der Waals surface area contributed by atoms with Gasteiger partial charge in [-0.05, 0) is 77.7 Å². The molecule has 0 aliphatic carbocycles. The van der Waals surface area contributed by atoms with Gasteiger partial charge in [0.05, 0.1) is 24.2 Å². The molecular weight excluding hydrogens is 424 g/mol. The highest BCUT2D eigenvalue weighted by atomic mass is 16.5. The fraction of sp³-hybridized carbons (Fsp3) is 0.0714. The Bertz CT molecular complexity index is 1450. The number of H-pyrrole nitrogens is 2. The Morgan fingerprint density at radius 3 is 2.76 bits per heavy atom. The van der Waals surface area contributed by atoms with Gasteiger partial charge in [-0.2, -0.15) is 5.10 Å². The minimum atomic E-state index is 0.405. The quantitative estimate of drug-likeness (QED) is 0.296. The molecular formula is C28H24N4O2. The second-order valence-corrected chi connectivity index (χ2v) is 7.75. The number of aromatic nitrogens is 4. The molecule has 34 heavy (non-hydrogen) atoms. The van der Waals surface area contributed by atoms with E-state index in [1.54, 1.807) is 13.3 Å². The van der Waals surface area contributed by atoms with Crippen LogP contribution in [-0.4, -0.2) is 27.3 Å². The van der Waals surface area contributed by atoms with Gasteiger partial charge in [0, 0.05) is 29.5 Å². The largest absolute Gasteiger partial charge is 0.496 e. The molecule has 0 atom stereocenters. The third kappa shape index (κ3) is 5.07. The Labute approximate surface area is 197 Å². The summed E-state index contributed by atoms with van der Waals surface area (Å²) in [6, 6.07) is 21.9. The minimum Gasteiger partial charge on any atom is -0.496 e.